The lowest BCUT2D eigenvalue weighted by Gasteiger charge is -2.12. The molecule has 22 heavy (non-hydrogen) atoms. The minimum absolute atomic E-state index is 0.446. The van der Waals surface area contributed by atoms with Gasteiger partial charge < -0.3 is 0 Å². The molecule has 0 aliphatic heterocycles. The number of rotatable bonds is 2. The van der Waals surface area contributed by atoms with E-state index in [0.717, 1.165) is 6.08 Å². The fraction of sp³-hybridized carbons (Fsp3) is 0.0667. The third-order valence-corrected chi connectivity index (χ3v) is 2.82. The molecule has 2 aromatic carbocycles. The molecule has 0 atom stereocenters. The minimum atomic E-state index is -5.54. The van der Waals surface area contributed by atoms with E-state index < -0.39 is 40.6 Å². The second kappa shape index (κ2) is 5.82. The molecule has 0 N–H and O–H groups in total. The van der Waals surface area contributed by atoms with Gasteiger partial charge in [0.2, 0.25) is 0 Å². The number of alkyl halides is 3. The van der Waals surface area contributed by atoms with Gasteiger partial charge >= 0.3 is 6.18 Å². The summed E-state index contributed by atoms with van der Waals surface area (Å²) in [7, 11) is 0. The molecule has 0 saturated carbocycles. The van der Waals surface area contributed by atoms with E-state index in [2.05, 4.69) is 0 Å². The fourth-order valence-electron chi connectivity index (χ4n) is 1.79. The average molecular weight is 320 g/mol. The first-order chi connectivity index (χ1) is 10.2. The summed E-state index contributed by atoms with van der Waals surface area (Å²) in [5.74, 6) is -9.14. The Morgan fingerprint density at radius 3 is 1.64 bits per heavy atom. The first-order valence-corrected chi connectivity index (χ1v) is 5.89. The summed E-state index contributed by atoms with van der Waals surface area (Å²) in [5.41, 5.74) is -3.35. The van der Waals surface area contributed by atoms with Crippen molar-refractivity contribution in [3.05, 3.63) is 70.3 Å². The van der Waals surface area contributed by atoms with Gasteiger partial charge in [0.05, 0.1) is 5.56 Å². The highest BCUT2D eigenvalue weighted by Crippen LogP contribution is 2.37. The Hall–Kier alpha value is -2.31. The Labute approximate surface area is 120 Å². The van der Waals surface area contributed by atoms with Gasteiger partial charge in [-0.2, -0.15) is 13.2 Å². The molecule has 0 radical (unpaired) electrons. The van der Waals surface area contributed by atoms with Gasteiger partial charge in [-0.15, -0.1) is 0 Å². The molecule has 0 nitrogen and oxygen atoms in total. The van der Waals surface area contributed by atoms with Crippen molar-refractivity contribution in [3.63, 3.8) is 0 Å². The lowest BCUT2D eigenvalue weighted by Crippen LogP contribution is -2.16. The second-order valence-electron chi connectivity index (χ2n) is 4.29. The molecule has 0 saturated heterocycles. The highest BCUT2D eigenvalue weighted by Gasteiger charge is 2.41. The smallest absolute Gasteiger partial charge is 0.203 e. The number of halogens is 7. The molecular weight excluding hydrogens is 313 g/mol. The Bertz CT molecular complexity index is 686. The molecule has 2 aromatic rings. The van der Waals surface area contributed by atoms with Crippen LogP contribution in [-0.4, -0.2) is 0 Å². The van der Waals surface area contributed by atoms with Crippen LogP contribution in [0.5, 0.6) is 0 Å². The summed E-state index contributed by atoms with van der Waals surface area (Å²) in [6.07, 6.45) is -3.75. The van der Waals surface area contributed by atoms with Gasteiger partial charge in [0.15, 0.2) is 23.3 Å². The van der Waals surface area contributed by atoms with E-state index in [1.807, 2.05) is 0 Å². The van der Waals surface area contributed by atoms with Gasteiger partial charge in [-0.1, -0.05) is 36.4 Å². The second-order valence-corrected chi connectivity index (χ2v) is 4.29. The molecule has 7 heteroatoms. The first-order valence-electron chi connectivity index (χ1n) is 5.89. The monoisotopic (exact) mass is 320 g/mol. The summed E-state index contributed by atoms with van der Waals surface area (Å²) in [5, 5.41) is 0. The molecule has 0 unspecified atom stereocenters. The zero-order valence-electron chi connectivity index (χ0n) is 10.7. The normalized spacial score (nSPS) is 12.1. The van der Waals surface area contributed by atoms with Crippen LogP contribution in [0.2, 0.25) is 0 Å². The molecule has 0 spiro atoms. The lowest BCUT2D eigenvalue weighted by atomic mass is 10.1. The van der Waals surface area contributed by atoms with Crippen LogP contribution in [0.15, 0.2) is 30.3 Å². The third-order valence-electron chi connectivity index (χ3n) is 2.82. The maximum atomic E-state index is 13.6. The van der Waals surface area contributed by atoms with E-state index in [1.165, 1.54) is 12.1 Å². The molecular formula is C15H7F7. The van der Waals surface area contributed by atoms with E-state index in [4.69, 9.17) is 0 Å². The molecule has 0 amide bonds. The largest absolute Gasteiger partial charge is 0.422 e. The van der Waals surface area contributed by atoms with Crippen molar-refractivity contribution in [2.45, 2.75) is 6.18 Å². The molecule has 0 heterocycles. The SMILES string of the molecule is Fc1c(F)c(C(F)(F)F)c(F)c(F)c1/C=C/c1ccccc1. The van der Waals surface area contributed by atoms with E-state index in [0.29, 0.717) is 11.6 Å². The zero-order valence-corrected chi connectivity index (χ0v) is 10.7. The zero-order chi connectivity index (χ0) is 16.5. The van der Waals surface area contributed by atoms with Gasteiger partial charge in [0.25, 0.3) is 0 Å². The van der Waals surface area contributed by atoms with Gasteiger partial charge in [-0.25, -0.2) is 17.6 Å². The standard InChI is InChI=1S/C15H7F7/c16-11-9(7-6-8-4-2-1-3-5-8)12(17)14(19)10(13(11)18)15(20,21)22/h1-7H/b7-6+. The van der Waals surface area contributed by atoms with Crippen molar-refractivity contribution in [1.29, 1.82) is 0 Å². The van der Waals surface area contributed by atoms with Crippen molar-refractivity contribution in [2.75, 3.05) is 0 Å². The molecule has 0 aromatic heterocycles. The lowest BCUT2D eigenvalue weighted by molar-refractivity contribution is -0.143. The summed E-state index contributed by atoms with van der Waals surface area (Å²) < 4.78 is 91.2. The van der Waals surface area contributed by atoms with E-state index in [-0.39, 0.29) is 0 Å². The summed E-state index contributed by atoms with van der Waals surface area (Å²) >= 11 is 0. The van der Waals surface area contributed by atoms with Crippen LogP contribution in [0.3, 0.4) is 0 Å². The van der Waals surface area contributed by atoms with Crippen molar-refractivity contribution < 1.29 is 30.7 Å². The molecule has 2 rings (SSSR count). The molecule has 0 aliphatic rings. The highest BCUT2D eigenvalue weighted by molar-refractivity contribution is 5.70. The molecule has 116 valence electrons. The summed E-state index contributed by atoms with van der Waals surface area (Å²) in [6.45, 7) is 0. The van der Waals surface area contributed by atoms with Crippen LogP contribution in [0.1, 0.15) is 16.7 Å². The number of hydrogen-bond donors (Lipinski definition) is 0. The van der Waals surface area contributed by atoms with Gasteiger partial charge in [0, 0.05) is 0 Å². The summed E-state index contributed by atoms with van der Waals surface area (Å²) in [6, 6.07) is 7.92. The number of benzene rings is 2. The van der Waals surface area contributed by atoms with Gasteiger partial charge in [-0.3, -0.25) is 0 Å². The molecule has 0 bridgehead atoms. The minimum Gasteiger partial charge on any atom is -0.203 e. The van der Waals surface area contributed by atoms with Crippen LogP contribution in [-0.2, 0) is 6.18 Å². The Morgan fingerprint density at radius 1 is 0.682 bits per heavy atom. The van der Waals surface area contributed by atoms with Gasteiger partial charge in [0.1, 0.15) is 5.56 Å². The summed E-state index contributed by atoms with van der Waals surface area (Å²) in [4.78, 5) is 0. The number of hydrogen-bond acceptors (Lipinski definition) is 0. The maximum absolute atomic E-state index is 13.6. The van der Waals surface area contributed by atoms with E-state index >= 15 is 0 Å². The van der Waals surface area contributed by atoms with Crippen molar-refractivity contribution in [3.8, 4) is 0 Å². The van der Waals surface area contributed by atoms with Gasteiger partial charge in [-0.05, 0) is 11.6 Å². The third kappa shape index (κ3) is 2.98. The topological polar surface area (TPSA) is 0 Å². The van der Waals surface area contributed by atoms with Crippen LogP contribution < -0.4 is 0 Å². The predicted molar refractivity (Wildman–Crippen MR) is 66.6 cm³/mol. The van der Waals surface area contributed by atoms with Crippen LogP contribution in [0, 0.1) is 23.3 Å². The Morgan fingerprint density at radius 2 is 1.18 bits per heavy atom. The highest BCUT2D eigenvalue weighted by atomic mass is 19.4. The maximum Gasteiger partial charge on any atom is 0.422 e. The molecule has 0 fully saturated rings. The van der Waals surface area contributed by atoms with Crippen LogP contribution >= 0.6 is 0 Å². The van der Waals surface area contributed by atoms with Crippen LogP contribution in [0.4, 0.5) is 30.7 Å². The van der Waals surface area contributed by atoms with Crippen molar-refractivity contribution in [1.82, 2.24) is 0 Å². The van der Waals surface area contributed by atoms with E-state index in [9.17, 15) is 30.7 Å². The van der Waals surface area contributed by atoms with E-state index in [1.54, 1.807) is 18.2 Å². The predicted octanol–water partition coefficient (Wildman–Crippen LogP) is 5.43. The van der Waals surface area contributed by atoms with Crippen LogP contribution in [0.25, 0.3) is 12.2 Å². The average Bonchev–Trinajstić information content (AvgIpc) is 2.45. The van der Waals surface area contributed by atoms with Crippen molar-refractivity contribution in [2.24, 2.45) is 0 Å². The Kier molecular flexibility index (Phi) is 4.25. The quantitative estimate of drug-likeness (QED) is 0.393. The fourth-order valence-corrected chi connectivity index (χ4v) is 1.79. The Balaban J connectivity index is 2.58. The van der Waals surface area contributed by atoms with Crippen molar-refractivity contribution >= 4 is 12.2 Å². The molecule has 0 aliphatic carbocycles. The first kappa shape index (κ1) is 16.1.